The number of amides is 5. The highest BCUT2D eigenvalue weighted by Gasteiger charge is 2.21. The number of urea groups is 2. The molecule has 0 rings (SSSR count). The van der Waals surface area contributed by atoms with E-state index in [0.29, 0.717) is 13.1 Å². The quantitative estimate of drug-likeness (QED) is 0.451. The van der Waals surface area contributed by atoms with Crippen LogP contribution in [0, 0.1) is 0 Å². The predicted octanol–water partition coefficient (Wildman–Crippen LogP) is 1.18. The van der Waals surface area contributed by atoms with E-state index in [1.165, 1.54) is 4.90 Å². The van der Waals surface area contributed by atoms with Gasteiger partial charge in [0.2, 0.25) is 0 Å². The Kier molecular flexibility index (Phi) is 11.4. The molecule has 0 aliphatic carbocycles. The number of nitrogens with zero attached hydrogens (tertiary/aromatic N) is 2. The van der Waals surface area contributed by atoms with E-state index < -0.39 is 11.7 Å². The van der Waals surface area contributed by atoms with Crippen molar-refractivity contribution in [2.75, 3.05) is 40.8 Å². The first-order chi connectivity index (χ1) is 13.3. The van der Waals surface area contributed by atoms with Gasteiger partial charge in [-0.3, -0.25) is 0 Å². The van der Waals surface area contributed by atoms with E-state index in [2.05, 4.69) is 21.3 Å². The molecule has 3 unspecified atom stereocenters. The van der Waals surface area contributed by atoms with Crippen molar-refractivity contribution in [1.29, 1.82) is 0 Å². The highest BCUT2D eigenvalue weighted by atomic mass is 16.6. The molecule has 0 bridgehead atoms. The van der Waals surface area contributed by atoms with E-state index >= 15 is 0 Å². The summed E-state index contributed by atoms with van der Waals surface area (Å²) < 4.78 is 5.19. The van der Waals surface area contributed by atoms with Crippen LogP contribution in [0.2, 0.25) is 0 Å². The minimum atomic E-state index is -0.577. The van der Waals surface area contributed by atoms with E-state index in [1.54, 1.807) is 46.7 Å². The zero-order valence-corrected chi connectivity index (χ0v) is 19.4. The second-order valence-corrected chi connectivity index (χ2v) is 8.40. The van der Waals surface area contributed by atoms with Crippen molar-refractivity contribution in [1.82, 2.24) is 31.1 Å². The number of ether oxygens (including phenoxy) is 1. The second kappa shape index (κ2) is 12.4. The maximum absolute atomic E-state index is 12.3. The molecule has 29 heavy (non-hydrogen) atoms. The largest absolute Gasteiger partial charge is 0.444 e. The number of hydrogen-bond acceptors (Lipinski definition) is 5. The lowest BCUT2D eigenvalue weighted by Gasteiger charge is -2.29. The van der Waals surface area contributed by atoms with E-state index in [0.717, 1.165) is 0 Å². The molecular formula is C19H40N6O4. The summed E-state index contributed by atoms with van der Waals surface area (Å²) in [5.74, 6) is 0. The summed E-state index contributed by atoms with van der Waals surface area (Å²) in [6, 6.07) is -0.930. The average Bonchev–Trinajstić information content (AvgIpc) is 2.60. The van der Waals surface area contributed by atoms with Gasteiger partial charge >= 0.3 is 18.2 Å². The van der Waals surface area contributed by atoms with Crippen molar-refractivity contribution in [3.63, 3.8) is 0 Å². The Morgan fingerprint density at radius 2 is 1.31 bits per heavy atom. The summed E-state index contributed by atoms with van der Waals surface area (Å²) >= 11 is 0. The van der Waals surface area contributed by atoms with Crippen LogP contribution in [-0.4, -0.2) is 92.5 Å². The number of hydrogen-bond donors (Lipinski definition) is 4. The minimum Gasteiger partial charge on any atom is -0.444 e. The molecule has 0 saturated heterocycles. The number of rotatable bonds is 9. The Hall–Kier alpha value is -2.23. The van der Waals surface area contributed by atoms with Gasteiger partial charge in [-0.2, -0.15) is 0 Å². The predicted molar refractivity (Wildman–Crippen MR) is 114 cm³/mol. The zero-order chi connectivity index (χ0) is 22.8. The van der Waals surface area contributed by atoms with Crippen molar-refractivity contribution in [2.24, 2.45) is 0 Å². The molecule has 0 aromatic rings. The van der Waals surface area contributed by atoms with Gasteiger partial charge in [-0.15, -0.1) is 0 Å². The van der Waals surface area contributed by atoms with Crippen LogP contribution in [0.1, 0.15) is 41.5 Å². The Bertz CT molecular complexity index is 537. The molecule has 10 heteroatoms. The summed E-state index contributed by atoms with van der Waals surface area (Å²) in [5.41, 5.74) is -0.577. The van der Waals surface area contributed by atoms with Gasteiger partial charge in [-0.25, -0.2) is 14.4 Å². The fourth-order valence-electron chi connectivity index (χ4n) is 2.25. The summed E-state index contributed by atoms with van der Waals surface area (Å²) in [7, 11) is 5.23. The molecule has 0 spiro atoms. The van der Waals surface area contributed by atoms with E-state index in [1.807, 2.05) is 20.9 Å². The summed E-state index contributed by atoms with van der Waals surface area (Å²) in [4.78, 5) is 39.4. The maximum atomic E-state index is 12.3. The molecule has 0 heterocycles. The number of nitrogens with one attached hydrogen (secondary N) is 4. The van der Waals surface area contributed by atoms with Gasteiger partial charge in [-0.05, 0) is 48.6 Å². The van der Waals surface area contributed by atoms with Crippen molar-refractivity contribution in [3.8, 4) is 0 Å². The molecule has 0 aromatic carbocycles. The lowest BCUT2D eigenvalue weighted by atomic mass is 10.2. The molecule has 0 radical (unpaired) electrons. The van der Waals surface area contributed by atoms with Crippen molar-refractivity contribution in [2.45, 2.75) is 65.3 Å². The molecule has 4 N–H and O–H groups in total. The molecular weight excluding hydrogens is 376 g/mol. The van der Waals surface area contributed by atoms with Gasteiger partial charge in [-0.1, -0.05) is 0 Å². The lowest BCUT2D eigenvalue weighted by Crippen LogP contribution is -2.52. The molecule has 0 saturated carbocycles. The Labute approximate surface area is 175 Å². The summed E-state index contributed by atoms with van der Waals surface area (Å²) in [6.45, 7) is 12.2. The van der Waals surface area contributed by atoms with E-state index in [-0.39, 0.29) is 36.7 Å². The first-order valence-corrected chi connectivity index (χ1v) is 9.93. The van der Waals surface area contributed by atoms with Gasteiger partial charge in [0.25, 0.3) is 0 Å². The minimum absolute atomic E-state index is 0.0512. The van der Waals surface area contributed by atoms with Crippen LogP contribution in [0.25, 0.3) is 0 Å². The number of carbonyl (C=O) groups is 3. The molecule has 0 aliphatic rings. The smallest absolute Gasteiger partial charge is 0.407 e. The molecule has 3 atom stereocenters. The third-order valence-electron chi connectivity index (χ3n) is 4.33. The van der Waals surface area contributed by atoms with Crippen LogP contribution in [0.3, 0.4) is 0 Å². The van der Waals surface area contributed by atoms with Crippen molar-refractivity contribution >= 4 is 18.2 Å². The van der Waals surface area contributed by atoms with Crippen LogP contribution in [0.5, 0.6) is 0 Å². The van der Waals surface area contributed by atoms with Crippen LogP contribution < -0.4 is 21.3 Å². The summed E-state index contributed by atoms with van der Waals surface area (Å²) in [6.07, 6.45) is -0.527. The Morgan fingerprint density at radius 1 is 0.862 bits per heavy atom. The fraction of sp³-hybridized carbons (Fsp3) is 0.842. The normalized spacial score (nSPS) is 14.2. The average molecular weight is 417 g/mol. The highest BCUT2D eigenvalue weighted by Crippen LogP contribution is 2.06. The molecule has 10 nitrogen and oxygen atoms in total. The van der Waals surface area contributed by atoms with Crippen LogP contribution >= 0.6 is 0 Å². The van der Waals surface area contributed by atoms with E-state index in [9.17, 15) is 14.4 Å². The first kappa shape index (κ1) is 26.8. The van der Waals surface area contributed by atoms with Gasteiger partial charge < -0.3 is 35.8 Å². The maximum Gasteiger partial charge on any atom is 0.407 e. The van der Waals surface area contributed by atoms with Gasteiger partial charge in [0.15, 0.2) is 0 Å². The highest BCUT2D eigenvalue weighted by molar-refractivity contribution is 5.75. The number of likely N-dealkylation sites (N-methyl/N-ethyl adjacent to an activating group) is 3. The molecule has 0 aliphatic heterocycles. The molecule has 0 fully saturated rings. The third kappa shape index (κ3) is 11.4. The number of carbonyl (C=O) groups excluding carboxylic acids is 3. The van der Waals surface area contributed by atoms with Crippen LogP contribution in [0.4, 0.5) is 14.4 Å². The van der Waals surface area contributed by atoms with E-state index in [4.69, 9.17) is 4.74 Å². The van der Waals surface area contributed by atoms with Gasteiger partial charge in [0.1, 0.15) is 5.60 Å². The van der Waals surface area contributed by atoms with Crippen LogP contribution in [0.15, 0.2) is 0 Å². The van der Waals surface area contributed by atoms with Gasteiger partial charge in [0.05, 0.1) is 0 Å². The zero-order valence-electron chi connectivity index (χ0n) is 19.4. The Morgan fingerprint density at radius 3 is 1.76 bits per heavy atom. The third-order valence-corrected chi connectivity index (χ3v) is 4.33. The lowest BCUT2D eigenvalue weighted by molar-refractivity contribution is 0.0508. The fourth-order valence-corrected chi connectivity index (χ4v) is 2.25. The second-order valence-electron chi connectivity index (χ2n) is 8.40. The standard InChI is InChI=1S/C19H40N6O4/c1-13(23-18(28)29-19(4,5)6)10-21-16(26)25(9)15(3)12-22-17(27)24(8)14(2)11-20-7/h13-15,20H,10-12H2,1-9H3,(H,21,26)(H,22,27)(H,23,28). The van der Waals surface area contributed by atoms with Crippen molar-refractivity contribution < 1.29 is 19.1 Å². The summed E-state index contributed by atoms with van der Waals surface area (Å²) in [5, 5.41) is 11.3. The van der Waals surface area contributed by atoms with Gasteiger partial charge in [0, 0.05) is 51.9 Å². The molecule has 170 valence electrons. The Balaban J connectivity index is 4.33. The van der Waals surface area contributed by atoms with Crippen molar-refractivity contribution in [3.05, 3.63) is 0 Å². The molecule has 5 amide bonds. The monoisotopic (exact) mass is 416 g/mol. The SMILES string of the molecule is CNCC(C)N(C)C(=O)NCC(C)N(C)C(=O)NCC(C)NC(=O)OC(C)(C)C. The topological polar surface area (TPSA) is 115 Å². The molecule has 0 aromatic heterocycles. The number of alkyl carbamates (subject to hydrolysis) is 1. The first-order valence-electron chi connectivity index (χ1n) is 9.93. The van der Waals surface area contributed by atoms with Crippen LogP contribution in [-0.2, 0) is 4.74 Å².